The lowest BCUT2D eigenvalue weighted by Crippen LogP contribution is -2.23. The fourth-order valence-electron chi connectivity index (χ4n) is 3.02. The summed E-state index contributed by atoms with van der Waals surface area (Å²) < 4.78 is 2.07. The second-order valence-corrected chi connectivity index (χ2v) is 6.34. The van der Waals surface area contributed by atoms with Crippen LogP contribution in [0.2, 0.25) is 0 Å². The van der Waals surface area contributed by atoms with Crippen LogP contribution in [0.25, 0.3) is 4.96 Å². The molecule has 21 heavy (non-hydrogen) atoms. The maximum Gasteiger partial charge on any atom is 0.193 e. The van der Waals surface area contributed by atoms with E-state index in [4.69, 9.17) is 0 Å². The zero-order valence-corrected chi connectivity index (χ0v) is 12.5. The van der Waals surface area contributed by atoms with Crippen LogP contribution in [0.4, 0.5) is 5.69 Å². The molecule has 3 aromatic rings. The number of para-hydroxylation sites is 1. The van der Waals surface area contributed by atoms with Gasteiger partial charge in [-0.1, -0.05) is 18.2 Å². The predicted molar refractivity (Wildman–Crippen MR) is 84.8 cm³/mol. The van der Waals surface area contributed by atoms with Crippen LogP contribution in [0.15, 0.2) is 42.0 Å². The Morgan fingerprint density at radius 1 is 1.33 bits per heavy atom. The minimum atomic E-state index is -0.350. The van der Waals surface area contributed by atoms with Gasteiger partial charge in [-0.15, -0.1) is 11.3 Å². The fourth-order valence-corrected chi connectivity index (χ4v) is 3.74. The Bertz CT molecular complexity index is 735. The molecule has 5 heteroatoms. The number of benzene rings is 1. The van der Waals surface area contributed by atoms with E-state index in [0.717, 1.165) is 47.8 Å². The number of aliphatic hydroxyl groups excluding tert-OH is 1. The number of rotatable bonds is 2. The highest BCUT2D eigenvalue weighted by Crippen LogP contribution is 2.33. The van der Waals surface area contributed by atoms with Crippen LogP contribution in [0, 0.1) is 0 Å². The lowest BCUT2D eigenvalue weighted by atomic mass is 10.0. The van der Waals surface area contributed by atoms with E-state index in [0.29, 0.717) is 0 Å². The summed E-state index contributed by atoms with van der Waals surface area (Å²) in [5.41, 5.74) is 3.25. The van der Waals surface area contributed by atoms with Crippen molar-refractivity contribution in [3.05, 3.63) is 53.3 Å². The number of aromatic nitrogens is 2. The molecule has 0 saturated carbocycles. The Labute approximate surface area is 127 Å². The first kappa shape index (κ1) is 12.9. The maximum atomic E-state index is 10.3. The van der Waals surface area contributed by atoms with Crippen molar-refractivity contribution in [3.8, 4) is 0 Å². The lowest BCUT2D eigenvalue weighted by molar-refractivity contribution is 0.168. The molecule has 1 aliphatic rings. The molecule has 108 valence electrons. The second-order valence-electron chi connectivity index (χ2n) is 5.46. The van der Waals surface area contributed by atoms with Crippen molar-refractivity contribution in [1.29, 1.82) is 0 Å². The molecule has 0 amide bonds. The summed E-state index contributed by atoms with van der Waals surface area (Å²) in [6.07, 6.45) is 5.60. The van der Waals surface area contributed by atoms with Gasteiger partial charge in [0.05, 0.1) is 18.3 Å². The summed E-state index contributed by atoms with van der Waals surface area (Å²) in [4.78, 5) is 8.03. The first-order valence-electron chi connectivity index (χ1n) is 7.24. The normalized spacial score (nSPS) is 18.7. The van der Waals surface area contributed by atoms with E-state index in [1.54, 1.807) is 11.3 Å². The molecule has 1 aromatic carbocycles. The molecular weight excluding hydrogens is 282 g/mol. The van der Waals surface area contributed by atoms with Gasteiger partial charge in [-0.25, -0.2) is 4.98 Å². The van der Waals surface area contributed by atoms with Crippen LogP contribution >= 0.6 is 11.3 Å². The number of anilines is 1. The molecule has 4 nitrogen and oxygen atoms in total. The van der Waals surface area contributed by atoms with Crippen molar-refractivity contribution in [2.75, 3.05) is 11.4 Å². The van der Waals surface area contributed by atoms with Crippen LogP contribution in [0.3, 0.4) is 0 Å². The Kier molecular flexibility index (Phi) is 3.16. The Morgan fingerprint density at radius 3 is 3.14 bits per heavy atom. The van der Waals surface area contributed by atoms with Crippen molar-refractivity contribution in [2.24, 2.45) is 0 Å². The lowest BCUT2D eigenvalue weighted by Gasteiger charge is -2.24. The molecule has 1 N–H and O–H groups in total. The van der Waals surface area contributed by atoms with E-state index in [2.05, 4.69) is 26.5 Å². The minimum absolute atomic E-state index is 0.350. The third kappa shape index (κ3) is 2.32. The van der Waals surface area contributed by atoms with Gasteiger partial charge in [-0.05, 0) is 18.9 Å². The van der Waals surface area contributed by atoms with Crippen LogP contribution in [0.5, 0.6) is 0 Å². The molecule has 0 fully saturated rings. The van der Waals surface area contributed by atoms with E-state index >= 15 is 0 Å². The summed E-state index contributed by atoms with van der Waals surface area (Å²) in [6, 6.07) is 8.17. The molecule has 1 aliphatic heterocycles. The van der Waals surface area contributed by atoms with E-state index in [1.807, 2.05) is 29.8 Å². The Hall–Kier alpha value is -1.85. The topological polar surface area (TPSA) is 40.8 Å². The number of thiazole rings is 1. The first-order valence-corrected chi connectivity index (χ1v) is 8.12. The van der Waals surface area contributed by atoms with Gasteiger partial charge in [0.1, 0.15) is 0 Å². The van der Waals surface area contributed by atoms with Crippen molar-refractivity contribution in [2.45, 2.75) is 25.5 Å². The van der Waals surface area contributed by atoms with Crippen molar-refractivity contribution < 1.29 is 5.11 Å². The fraction of sp³-hybridized carbons (Fsp3) is 0.312. The summed E-state index contributed by atoms with van der Waals surface area (Å²) in [5, 5.41) is 12.3. The second kappa shape index (κ2) is 5.16. The van der Waals surface area contributed by atoms with Crippen LogP contribution in [-0.4, -0.2) is 21.0 Å². The summed E-state index contributed by atoms with van der Waals surface area (Å²) in [5.74, 6) is 0. The molecule has 0 bridgehead atoms. The summed E-state index contributed by atoms with van der Waals surface area (Å²) >= 11 is 1.65. The molecule has 1 unspecified atom stereocenters. The van der Waals surface area contributed by atoms with Crippen molar-refractivity contribution >= 4 is 22.0 Å². The molecule has 0 radical (unpaired) electrons. The molecule has 0 aliphatic carbocycles. The van der Waals surface area contributed by atoms with Crippen molar-refractivity contribution in [1.82, 2.24) is 9.38 Å². The number of nitrogens with zero attached hydrogens (tertiary/aromatic N) is 3. The van der Waals surface area contributed by atoms with Crippen LogP contribution < -0.4 is 4.90 Å². The molecule has 0 spiro atoms. The van der Waals surface area contributed by atoms with Gasteiger partial charge < -0.3 is 10.0 Å². The number of hydrogen-bond acceptors (Lipinski definition) is 4. The average molecular weight is 299 g/mol. The van der Waals surface area contributed by atoms with Gasteiger partial charge in [0.25, 0.3) is 0 Å². The van der Waals surface area contributed by atoms with Crippen molar-refractivity contribution in [3.63, 3.8) is 0 Å². The molecule has 1 atom stereocenters. The SMILES string of the molecule is OC1CCCN(Cc2cn3ccsc3n2)c2ccccc21. The highest BCUT2D eigenvalue weighted by Gasteiger charge is 2.21. The standard InChI is InChI=1S/C16H17N3OS/c20-15-6-3-7-18(14-5-2-1-4-13(14)15)10-12-11-19-8-9-21-16(19)17-12/h1-2,4-5,8-9,11,15,20H,3,6-7,10H2. The molecule has 0 saturated heterocycles. The average Bonchev–Trinajstić information content (AvgIpc) is 3.03. The smallest absolute Gasteiger partial charge is 0.193 e. The van der Waals surface area contributed by atoms with Gasteiger partial charge >= 0.3 is 0 Å². The molecule has 2 aromatic heterocycles. The number of hydrogen-bond donors (Lipinski definition) is 1. The predicted octanol–water partition coefficient (Wildman–Crippen LogP) is 3.23. The van der Waals surface area contributed by atoms with E-state index in [1.165, 1.54) is 0 Å². The zero-order chi connectivity index (χ0) is 14.2. The first-order chi connectivity index (χ1) is 10.3. The van der Waals surface area contributed by atoms with E-state index < -0.39 is 0 Å². The molecule has 4 rings (SSSR count). The molecular formula is C16H17N3OS. The highest BCUT2D eigenvalue weighted by atomic mass is 32.1. The largest absolute Gasteiger partial charge is 0.388 e. The molecule has 3 heterocycles. The summed E-state index contributed by atoms with van der Waals surface area (Å²) in [7, 11) is 0. The van der Waals surface area contributed by atoms with Crippen LogP contribution in [0.1, 0.15) is 30.2 Å². The number of aliphatic hydroxyl groups is 1. The van der Waals surface area contributed by atoms with Gasteiger partial charge in [0.15, 0.2) is 4.96 Å². The Morgan fingerprint density at radius 2 is 2.24 bits per heavy atom. The van der Waals surface area contributed by atoms with E-state index in [-0.39, 0.29) is 6.10 Å². The third-order valence-corrected chi connectivity index (χ3v) is 4.81. The maximum absolute atomic E-state index is 10.3. The van der Waals surface area contributed by atoms with Gasteiger partial charge in [-0.2, -0.15) is 0 Å². The number of imidazole rings is 1. The highest BCUT2D eigenvalue weighted by molar-refractivity contribution is 7.15. The summed E-state index contributed by atoms with van der Waals surface area (Å²) in [6.45, 7) is 1.75. The van der Waals surface area contributed by atoms with Crippen LogP contribution in [-0.2, 0) is 6.54 Å². The number of fused-ring (bicyclic) bond motifs is 2. The third-order valence-electron chi connectivity index (χ3n) is 4.04. The van der Waals surface area contributed by atoms with Gasteiger partial charge in [-0.3, -0.25) is 4.40 Å². The Balaban J connectivity index is 1.67. The van der Waals surface area contributed by atoms with Gasteiger partial charge in [0, 0.05) is 35.6 Å². The van der Waals surface area contributed by atoms with Gasteiger partial charge in [0.2, 0.25) is 0 Å². The quantitative estimate of drug-likeness (QED) is 0.790. The monoisotopic (exact) mass is 299 g/mol. The zero-order valence-electron chi connectivity index (χ0n) is 11.6. The van der Waals surface area contributed by atoms with E-state index in [9.17, 15) is 5.11 Å². The minimum Gasteiger partial charge on any atom is -0.388 e.